The molecule has 0 spiro atoms. The number of aryl methyl sites for hydroxylation is 1. The highest BCUT2D eigenvalue weighted by Crippen LogP contribution is 2.31. The van der Waals surface area contributed by atoms with Gasteiger partial charge < -0.3 is 10.0 Å². The van der Waals surface area contributed by atoms with Crippen molar-refractivity contribution in [1.82, 2.24) is 4.90 Å². The number of rotatable bonds is 4. The summed E-state index contributed by atoms with van der Waals surface area (Å²) in [6.07, 6.45) is 1.06. The van der Waals surface area contributed by atoms with E-state index in [1.54, 1.807) is 23.6 Å². The van der Waals surface area contributed by atoms with Crippen LogP contribution in [0.25, 0.3) is 0 Å². The Balaban J connectivity index is 1.86. The minimum Gasteiger partial charge on any atom is -0.481 e. The van der Waals surface area contributed by atoms with Gasteiger partial charge in [-0.25, -0.2) is 0 Å². The number of carboxylic acids is 1. The topological polar surface area (TPSA) is 57.6 Å². The number of hydrogen-bond donors (Lipinski definition) is 1. The summed E-state index contributed by atoms with van der Waals surface area (Å²) in [4.78, 5) is 26.3. The zero-order chi connectivity index (χ0) is 15.5. The van der Waals surface area contributed by atoms with Crippen LogP contribution in [0.5, 0.6) is 0 Å². The number of likely N-dealkylation sites (tertiary alicyclic amines) is 1. The molecule has 1 fully saturated rings. The number of carbonyl (C=O) groups excluding carboxylic acids is 1. The van der Waals surface area contributed by atoms with Gasteiger partial charge >= 0.3 is 5.97 Å². The fourth-order valence-corrected chi connectivity index (χ4v) is 3.34. The minimum atomic E-state index is -0.760. The van der Waals surface area contributed by atoms with Crippen LogP contribution in [0.15, 0.2) is 29.2 Å². The number of carbonyl (C=O) groups is 2. The number of thioether (sulfide) groups is 1. The Morgan fingerprint density at radius 1 is 1.29 bits per heavy atom. The van der Waals surface area contributed by atoms with Crippen LogP contribution >= 0.6 is 11.8 Å². The quantitative estimate of drug-likeness (QED) is 0.869. The summed E-state index contributed by atoms with van der Waals surface area (Å²) in [5, 5.41) is 9.20. The van der Waals surface area contributed by atoms with Crippen LogP contribution in [-0.4, -0.2) is 40.7 Å². The van der Waals surface area contributed by atoms with Gasteiger partial charge in [0, 0.05) is 18.0 Å². The molecule has 1 saturated heterocycles. The van der Waals surface area contributed by atoms with Gasteiger partial charge in [0.25, 0.3) is 0 Å². The van der Waals surface area contributed by atoms with Crippen molar-refractivity contribution in [2.45, 2.75) is 31.6 Å². The van der Waals surface area contributed by atoms with E-state index in [-0.39, 0.29) is 5.91 Å². The van der Waals surface area contributed by atoms with Crippen LogP contribution in [0.2, 0.25) is 0 Å². The van der Waals surface area contributed by atoms with E-state index < -0.39 is 11.4 Å². The molecule has 1 aliphatic rings. The van der Waals surface area contributed by atoms with Crippen LogP contribution < -0.4 is 0 Å². The number of piperidine rings is 1. The average molecular weight is 307 g/mol. The van der Waals surface area contributed by atoms with Crippen LogP contribution in [0.4, 0.5) is 0 Å². The van der Waals surface area contributed by atoms with Crippen LogP contribution in [0.3, 0.4) is 0 Å². The van der Waals surface area contributed by atoms with E-state index in [1.165, 1.54) is 5.56 Å². The van der Waals surface area contributed by atoms with E-state index in [9.17, 15) is 14.7 Å². The molecule has 0 aliphatic carbocycles. The van der Waals surface area contributed by atoms with Crippen molar-refractivity contribution in [1.29, 1.82) is 0 Å². The van der Waals surface area contributed by atoms with Crippen LogP contribution in [-0.2, 0) is 9.59 Å². The van der Waals surface area contributed by atoms with Gasteiger partial charge in [-0.05, 0) is 38.3 Å². The molecule has 1 aromatic rings. The van der Waals surface area contributed by atoms with Gasteiger partial charge in [-0.2, -0.15) is 0 Å². The second kappa shape index (κ2) is 6.52. The van der Waals surface area contributed by atoms with Crippen molar-refractivity contribution in [2.24, 2.45) is 5.41 Å². The largest absolute Gasteiger partial charge is 0.481 e. The van der Waals surface area contributed by atoms with E-state index in [1.807, 2.05) is 31.2 Å². The second-order valence-electron chi connectivity index (χ2n) is 5.80. The van der Waals surface area contributed by atoms with Gasteiger partial charge in [0.05, 0.1) is 11.2 Å². The third-order valence-electron chi connectivity index (χ3n) is 4.18. The first-order valence-electron chi connectivity index (χ1n) is 7.12. The van der Waals surface area contributed by atoms with E-state index >= 15 is 0 Å². The lowest BCUT2D eigenvalue weighted by atomic mass is 9.80. The molecule has 1 aromatic carbocycles. The van der Waals surface area contributed by atoms with E-state index in [2.05, 4.69) is 0 Å². The zero-order valence-corrected chi connectivity index (χ0v) is 13.3. The standard InChI is InChI=1S/C16H21NO3S/c1-12-5-3-4-6-13(12)21-11-14(18)17-9-7-16(2,8-10-17)15(19)20/h3-6H,7-11H2,1-2H3,(H,19,20). The summed E-state index contributed by atoms with van der Waals surface area (Å²) in [7, 11) is 0. The number of nitrogens with zero attached hydrogens (tertiary/aromatic N) is 1. The Bertz CT molecular complexity index is 536. The molecule has 2 rings (SSSR count). The van der Waals surface area contributed by atoms with Gasteiger partial charge in [-0.3, -0.25) is 9.59 Å². The van der Waals surface area contributed by atoms with Crippen LogP contribution in [0, 0.1) is 12.3 Å². The van der Waals surface area contributed by atoms with Crippen LogP contribution in [0.1, 0.15) is 25.3 Å². The lowest BCUT2D eigenvalue weighted by Crippen LogP contribution is -2.45. The summed E-state index contributed by atoms with van der Waals surface area (Å²) in [5.74, 6) is -0.256. The molecule has 21 heavy (non-hydrogen) atoms. The van der Waals surface area contributed by atoms with Crippen molar-refractivity contribution in [3.63, 3.8) is 0 Å². The fraction of sp³-hybridized carbons (Fsp3) is 0.500. The maximum absolute atomic E-state index is 12.2. The molecular formula is C16H21NO3S. The first-order chi connectivity index (χ1) is 9.92. The first kappa shape index (κ1) is 15.9. The second-order valence-corrected chi connectivity index (χ2v) is 6.82. The Morgan fingerprint density at radius 3 is 2.48 bits per heavy atom. The van der Waals surface area contributed by atoms with Crippen molar-refractivity contribution >= 4 is 23.6 Å². The van der Waals surface area contributed by atoms with Gasteiger partial charge in [-0.15, -0.1) is 11.8 Å². The molecule has 1 aliphatic heterocycles. The monoisotopic (exact) mass is 307 g/mol. The van der Waals surface area contributed by atoms with Gasteiger partial charge in [0.1, 0.15) is 0 Å². The minimum absolute atomic E-state index is 0.0932. The maximum Gasteiger partial charge on any atom is 0.309 e. The van der Waals surface area contributed by atoms with Crippen molar-refractivity contribution in [3.05, 3.63) is 29.8 Å². The predicted octanol–water partition coefficient (Wildman–Crippen LogP) is 2.80. The molecule has 5 heteroatoms. The molecule has 0 unspecified atom stereocenters. The summed E-state index contributed by atoms with van der Waals surface area (Å²) >= 11 is 1.55. The Morgan fingerprint density at radius 2 is 1.90 bits per heavy atom. The van der Waals surface area contributed by atoms with E-state index in [4.69, 9.17) is 0 Å². The summed E-state index contributed by atoms with van der Waals surface area (Å²) in [6, 6.07) is 8.01. The van der Waals surface area contributed by atoms with Gasteiger partial charge in [0.2, 0.25) is 5.91 Å². The molecule has 0 radical (unpaired) electrons. The normalized spacial score (nSPS) is 17.5. The Hall–Kier alpha value is -1.49. The Labute approximate surface area is 129 Å². The smallest absolute Gasteiger partial charge is 0.309 e. The number of amides is 1. The zero-order valence-electron chi connectivity index (χ0n) is 12.5. The lowest BCUT2D eigenvalue weighted by Gasteiger charge is -2.36. The van der Waals surface area contributed by atoms with Gasteiger partial charge in [0.15, 0.2) is 0 Å². The van der Waals surface area contributed by atoms with Gasteiger partial charge in [-0.1, -0.05) is 18.2 Å². The maximum atomic E-state index is 12.2. The molecule has 114 valence electrons. The molecule has 0 atom stereocenters. The molecule has 0 aromatic heterocycles. The SMILES string of the molecule is Cc1ccccc1SCC(=O)N1CCC(C)(C(=O)O)CC1. The molecule has 4 nitrogen and oxygen atoms in total. The molecule has 1 amide bonds. The third kappa shape index (κ3) is 3.79. The number of carboxylic acid groups (broad SMARTS) is 1. The highest BCUT2D eigenvalue weighted by Gasteiger charge is 2.37. The molecule has 1 N–H and O–H groups in total. The Kier molecular flexibility index (Phi) is 4.93. The first-order valence-corrected chi connectivity index (χ1v) is 8.10. The molecular weight excluding hydrogens is 286 g/mol. The molecule has 0 saturated carbocycles. The summed E-state index contributed by atoms with van der Waals surface area (Å²) < 4.78 is 0. The lowest BCUT2D eigenvalue weighted by molar-refractivity contribution is -0.152. The summed E-state index contributed by atoms with van der Waals surface area (Å²) in [5.41, 5.74) is 0.493. The van der Waals surface area contributed by atoms with E-state index in [0.717, 1.165) is 4.90 Å². The number of hydrogen-bond acceptors (Lipinski definition) is 3. The number of aliphatic carboxylic acids is 1. The predicted molar refractivity (Wildman–Crippen MR) is 83.5 cm³/mol. The average Bonchev–Trinajstić information content (AvgIpc) is 2.46. The third-order valence-corrected chi connectivity index (χ3v) is 5.34. The number of benzene rings is 1. The fourth-order valence-electron chi connectivity index (χ4n) is 2.41. The molecule has 0 bridgehead atoms. The van der Waals surface area contributed by atoms with Crippen molar-refractivity contribution in [2.75, 3.05) is 18.8 Å². The van der Waals surface area contributed by atoms with Crippen molar-refractivity contribution < 1.29 is 14.7 Å². The van der Waals surface area contributed by atoms with E-state index in [0.29, 0.717) is 31.7 Å². The molecule has 1 heterocycles. The van der Waals surface area contributed by atoms with Crippen molar-refractivity contribution in [3.8, 4) is 0 Å². The summed E-state index contributed by atoms with van der Waals surface area (Å²) in [6.45, 7) is 4.87. The highest BCUT2D eigenvalue weighted by molar-refractivity contribution is 8.00. The highest BCUT2D eigenvalue weighted by atomic mass is 32.2.